The van der Waals surface area contributed by atoms with Crippen LogP contribution < -0.4 is 5.32 Å². The SMILES string of the molecule is C=CCCCCCC[C@H](NC(=O)[C@@H](O)c1ccccc1)C(=O)O. The van der Waals surface area contributed by atoms with Crippen molar-refractivity contribution in [3.05, 3.63) is 48.6 Å². The van der Waals surface area contributed by atoms with Gasteiger partial charge >= 0.3 is 5.97 Å². The van der Waals surface area contributed by atoms with E-state index in [0.29, 0.717) is 12.0 Å². The highest BCUT2D eigenvalue weighted by molar-refractivity contribution is 5.86. The zero-order chi connectivity index (χ0) is 17.1. The van der Waals surface area contributed by atoms with Crippen LogP contribution in [0.2, 0.25) is 0 Å². The maximum Gasteiger partial charge on any atom is 0.326 e. The molecule has 1 aromatic carbocycles. The van der Waals surface area contributed by atoms with E-state index in [9.17, 15) is 19.8 Å². The third kappa shape index (κ3) is 7.10. The Hall–Kier alpha value is -2.14. The van der Waals surface area contributed by atoms with Crippen molar-refractivity contribution in [2.45, 2.75) is 50.7 Å². The molecule has 5 nitrogen and oxygen atoms in total. The number of carbonyl (C=O) groups excluding carboxylic acids is 1. The molecule has 1 amide bonds. The van der Waals surface area contributed by atoms with Gasteiger partial charge in [-0.3, -0.25) is 4.79 Å². The lowest BCUT2D eigenvalue weighted by Gasteiger charge is -2.17. The molecule has 3 N–H and O–H groups in total. The fraction of sp³-hybridized carbons (Fsp3) is 0.444. The Morgan fingerprint density at radius 1 is 1.13 bits per heavy atom. The van der Waals surface area contributed by atoms with Crippen LogP contribution in [0.4, 0.5) is 0 Å². The van der Waals surface area contributed by atoms with Gasteiger partial charge in [0.2, 0.25) is 0 Å². The lowest BCUT2D eigenvalue weighted by Crippen LogP contribution is -2.43. The van der Waals surface area contributed by atoms with Gasteiger partial charge in [0.05, 0.1) is 0 Å². The number of hydrogen-bond acceptors (Lipinski definition) is 3. The Balaban J connectivity index is 2.44. The van der Waals surface area contributed by atoms with Gasteiger partial charge in [0, 0.05) is 0 Å². The van der Waals surface area contributed by atoms with Crippen molar-refractivity contribution in [2.75, 3.05) is 0 Å². The first-order valence-corrected chi connectivity index (χ1v) is 7.93. The number of aliphatic carboxylic acids is 1. The Bertz CT molecular complexity index is 501. The van der Waals surface area contributed by atoms with Gasteiger partial charge in [-0.15, -0.1) is 6.58 Å². The van der Waals surface area contributed by atoms with Crippen LogP contribution in [0.1, 0.15) is 50.2 Å². The number of aliphatic hydroxyl groups is 1. The number of unbranched alkanes of at least 4 members (excludes halogenated alkanes) is 4. The molecule has 0 aliphatic rings. The fourth-order valence-electron chi connectivity index (χ4n) is 2.29. The molecule has 0 saturated carbocycles. The molecule has 1 rings (SSSR count). The van der Waals surface area contributed by atoms with Gasteiger partial charge in [-0.1, -0.05) is 55.7 Å². The van der Waals surface area contributed by atoms with Crippen LogP contribution >= 0.6 is 0 Å². The predicted octanol–water partition coefficient (Wildman–Crippen LogP) is 2.82. The summed E-state index contributed by atoms with van der Waals surface area (Å²) < 4.78 is 0. The molecule has 0 aliphatic heterocycles. The zero-order valence-corrected chi connectivity index (χ0v) is 13.3. The number of allylic oxidation sites excluding steroid dienone is 1. The number of benzene rings is 1. The van der Waals surface area contributed by atoms with Crippen LogP contribution in [0, 0.1) is 0 Å². The minimum Gasteiger partial charge on any atom is -0.480 e. The minimum absolute atomic E-state index is 0.358. The standard InChI is InChI=1S/C18H25NO4/c1-2-3-4-5-6-10-13-15(18(22)23)19-17(21)16(20)14-11-8-7-9-12-14/h2,7-9,11-12,15-16,20H,1,3-6,10,13H2,(H,19,21)(H,22,23)/t15-,16-/m0/s1. The number of amides is 1. The topological polar surface area (TPSA) is 86.6 Å². The van der Waals surface area contributed by atoms with E-state index in [0.717, 1.165) is 32.1 Å². The number of carboxylic acids is 1. The summed E-state index contributed by atoms with van der Waals surface area (Å²) >= 11 is 0. The molecule has 0 aromatic heterocycles. The average Bonchev–Trinajstić information content (AvgIpc) is 2.56. The van der Waals surface area contributed by atoms with Crippen molar-refractivity contribution in [3.63, 3.8) is 0 Å². The summed E-state index contributed by atoms with van der Waals surface area (Å²) in [6.07, 6.45) is 5.51. The van der Waals surface area contributed by atoms with Crippen LogP contribution in [-0.4, -0.2) is 28.1 Å². The van der Waals surface area contributed by atoms with Crippen molar-refractivity contribution < 1.29 is 19.8 Å². The van der Waals surface area contributed by atoms with E-state index in [2.05, 4.69) is 11.9 Å². The number of rotatable bonds is 11. The lowest BCUT2D eigenvalue weighted by molar-refractivity contribution is -0.143. The summed E-state index contributed by atoms with van der Waals surface area (Å²) in [6.45, 7) is 3.66. The van der Waals surface area contributed by atoms with Gasteiger partial charge in [-0.25, -0.2) is 4.79 Å². The van der Waals surface area contributed by atoms with E-state index in [1.54, 1.807) is 30.3 Å². The van der Waals surface area contributed by atoms with Crippen molar-refractivity contribution in [1.82, 2.24) is 5.32 Å². The quantitative estimate of drug-likeness (QED) is 0.432. The fourth-order valence-corrected chi connectivity index (χ4v) is 2.29. The molecule has 0 fully saturated rings. The number of aliphatic hydroxyl groups excluding tert-OH is 1. The highest BCUT2D eigenvalue weighted by Gasteiger charge is 2.24. The molecule has 5 heteroatoms. The molecule has 0 spiro atoms. The normalized spacial score (nSPS) is 13.1. The summed E-state index contributed by atoms with van der Waals surface area (Å²) in [5.74, 6) is -1.76. The van der Waals surface area contributed by atoms with E-state index in [1.807, 2.05) is 6.08 Å². The molecule has 0 aliphatic carbocycles. The Kier molecular flexibility index (Phi) is 8.68. The molecule has 126 valence electrons. The molecule has 0 unspecified atom stereocenters. The van der Waals surface area contributed by atoms with Gasteiger partial charge in [0.25, 0.3) is 5.91 Å². The summed E-state index contributed by atoms with van der Waals surface area (Å²) in [4.78, 5) is 23.2. The molecule has 0 bridgehead atoms. The average molecular weight is 319 g/mol. The lowest BCUT2D eigenvalue weighted by atomic mass is 10.0. The molecule has 0 saturated heterocycles. The Labute approximate surface area is 137 Å². The van der Waals surface area contributed by atoms with Crippen molar-refractivity contribution in [3.8, 4) is 0 Å². The highest BCUT2D eigenvalue weighted by atomic mass is 16.4. The third-order valence-corrected chi connectivity index (χ3v) is 3.63. The van der Waals surface area contributed by atoms with Crippen LogP contribution in [0.5, 0.6) is 0 Å². The van der Waals surface area contributed by atoms with Crippen LogP contribution in [0.3, 0.4) is 0 Å². The largest absolute Gasteiger partial charge is 0.480 e. The molecule has 1 aromatic rings. The predicted molar refractivity (Wildman–Crippen MR) is 88.9 cm³/mol. The molecular weight excluding hydrogens is 294 g/mol. The minimum atomic E-state index is -1.36. The van der Waals surface area contributed by atoms with Crippen LogP contribution in [-0.2, 0) is 9.59 Å². The Morgan fingerprint density at radius 2 is 1.78 bits per heavy atom. The van der Waals surface area contributed by atoms with E-state index in [1.165, 1.54) is 0 Å². The summed E-state index contributed by atoms with van der Waals surface area (Å²) in [6, 6.07) is 7.48. The molecule has 23 heavy (non-hydrogen) atoms. The first-order valence-electron chi connectivity index (χ1n) is 7.93. The second kappa shape index (κ2) is 10.6. The van der Waals surface area contributed by atoms with Crippen molar-refractivity contribution >= 4 is 11.9 Å². The van der Waals surface area contributed by atoms with Gasteiger partial charge < -0.3 is 15.5 Å². The summed E-state index contributed by atoms with van der Waals surface area (Å²) in [7, 11) is 0. The number of nitrogens with one attached hydrogen (secondary N) is 1. The van der Waals surface area contributed by atoms with Gasteiger partial charge in [-0.05, 0) is 24.8 Å². The molecule has 0 heterocycles. The highest BCUT2D eigenvalue weighted by Crippen LogP contribution is 2.13. The second-order valence-corrected chi connectivity index (χ2v) is 5.49. The van der Waals surface area contributed by atoms with Crippen molar-refractivity contribution in [1.29, 1.82) is 0 Å². The monoisotopic (exact) mass is 319 g/mol. The second-order valence-electron chi connectivity index (χ2n) is 5.49. The Morgan fingerprint density at radius 3 is 2.39 bits per heavy atom. The van der Waals surface area contributed by atoms with E-state index < -0.39 is 24.0 Å². The third-order valence-electron chi connectivity index (χ3n) is 3.63. The van der Waals surface area contributed by atoms with Crippen LogP contribution in [0.25, 0.3) is 0 Å². The smallest absolute Gasteiger partial charge is 0.326 e. The summed E-state index contributed by atoms with van der Waals surface area (Å²) in [5.41, 5.74) is 0.443. The van der Waals surface area contributed by atoms with Gasteiger partial charge in [0.15, 0.2) is 6.10 Å². The van der Waals surface area contributed by atoms with Crippen LogP contribution in [0.15, 0.2) is 43.0 Å². The number of hydrogen-bond donors (Lipinski definition) is 3. The van der Waals surface area contributed by atoms with Gasteiger partial charge in [-0.2, -0.15) is 0 Å². The van der Waals surface area contributed by atoms with Gasteiger partial charge in [0.1, 0.15) is 6.04 Å². The maximum absolute atomic E-state index is 12.0. The number of carbonyl (C=O) groups is 2. The number of carboxylic acid groups (broad SMARTS) is 1. The van der Waals surface area contributed by atoms with E-state index in [-0.39, 0.29) is 0 Å². The van der Waals surface area contributed by atoms with Crippen molar-refractivity contribution in [2.24, 2.45) is 0 Å². The van der Waals surface area contributed by atoms with E-state index >= 15 is 0 Å². The maximum atomic E-state index is 12.0. The summed E-state index contributed by atoms with van der Waals surface area (Å²) in [5, 5.41) is 21.6. The zero-order valence-electron chi connectivity index (χ0n) is 13.3. The first-order chi connectivity index (χ1) is 11.1. The molecule has 0 radical (unpaired) electrons. The molecule has 2 atom stereocenters. The first kappa shape index (κ1) is 18.9. The molecular formula is C18H25NO4. The van der Waals surface area contributed by atoms with E-state index in [4.69, 9.17) is 0 Å².